The smallest absolute Gasteiger partial charge is 0.333 e. The SMILES string of the molecule is CC(C)CN(CC(F)(F)F)C(=O)CC1CC2CCC1C2. The van der Waals surface area contributed by atoms with Crippen LogP contribution in [0.15, 0.2) is 0 Å². The minimum atomic E-state index is -4.31. The summed E-state index contributed by atoms with van der Waals surface area (Å²) in [6, 6.07) is 0. The van der Waals surface area contributed by atoms with Crippen molar-refractivity contribution in [2.24, 2.45) is 23.7 Å². The molecule has 20 heavy (non-hydrogen) atoms. The van der Waals surface area contributed by atoms with E-state index in [1.165, 1.54) is 12.8 Å². The monoisotopic (exact) mass is 291 g/mol. The van der Waals surface area contributed by atoms with Crippen molar-refractivity contribution in [2.75, 3.05) is 13.1 Å². The lowest BCUT2D eigenvalue weighted by molar-refractivity contribution is -0.163. The summed E-state index contributed by atoms with van der Waals surface area (Å²) in [7, 11) is 0. The van der Waals surface area contributed by atoms with E-state index in [-0.39, 0.29) is 18.4 Å². The molecular formula is C15H24F3NO. The molecular weight excluding hydrogens is 267 g/mol. The third-order valence-corrected chi connectivity index (χ3v) is 4.63. The number of alkyl halides is 3. The van der Waals surface area contributed by atoms with Crippen molar-refractivity contribution in [2.45, 2.75) is 52.1 Å². The lowest BCUT2D eigenvalue weighted by Crippen LogP contribution is -2.42. The van der Waals surface area contributed by atoms with Gasteiger partial charge in [-0.25, -0.2) is 0 Å². The van der Waals surface area contributed by atoms with Gasteiger partial charge >= 0.3 is 6.18 Å². The standard InChI is InChI=1S/C15H24F3NO/c1-10(2)8-19(9-15(16,17)18)14(20)7-13-6-11-3-4-12(13)5-11/h10-13H,3-9H2,1-2H3. The van der Waals surface area contributed by atoms with E-state index < -0.39 is 12.7 Å². The average molecular weight is 291 g/mol. The van der Waals surface area contributed by atoms with Gasteiger partial charge in [0.2, 0.25) is 5.91 Å². The van der Waals surface area contributed by atoms with Crippen LogP contribution in [0.4, 0.5) is 13.2 Å². The third-order valence-electron chi connectivity index (χ3n) is 4.63. The molecule has 1 amide bonds. The normalized spacial score (nSPS) is 29.2. The summed E-state index contributed by atoms with van der Waals surface area (Å²) in [5.74, 6) is 1.37. The minimum absolute atomic E-state index is 0.0568. The summed E-state index contributed by atoms with van der Waals surface area (Å²) in [6.45, 7) is 2.77. The van der Waals surface area contributed by atoms with Gasteiger partial charge in [-0.2, -0.15) is 13.2 Å². The second-order valence-electron chi connectivity index (χ2n) is 6.92. The number of carbonyl (C=O) groups excluding carboxylic acids is 1. The van der Waals surface area contributed by atoms with E-state index in [2.05, 4.69) is 0 Å². The second kappa shape index (κ2) is 5.94. The van der Waals surface area contributed by atoms with Crippen LogP contribution in [0.2, 0.25) is 0 Å². The molecule has 0 aromatic carbocycles. The maximum Gasteiger partial charge on any atom is 0.406 e. The van der Waals surface area contributed by atoms with Crippen LogP contribution in [0.1, 0.15) is 46.0 Å². The Hall–Kier alpha value is -0.740. The third kappa shape index (κ3) is 4.13. The van der Waals surface area contributed by atoms with Crippen molar-refractivity contribution < 1.29 is 18.0 Å². The van der Waals surface area contributed by atoms with E-state index in [1.807, 2.05) is 13.8 Å². The van der Waals surface area contributed by atoms with Gasteiger partial charge in [-0.05, 0) is 42.9 Å². The van der Waals surface area contributed by atoms with Crippen molar-refractivity contribution in [3.05, 3.63) is 0 Å². The van der Waals surface area contributed by atoms with Crippen LogP contribution in [-0.4, -0.2) is 30.1 Å². The lowest BCUT2D eigenvalue weighted by Gasteiger charge is -2.29. The molecule has 2 saturated carbocycles. The molecule has 0 saturated heterocycles. The molecule has 3 atom stereocenters. The van der Waals surface area contributed by atoms with E-state index in [0.29, 0.717) is 18.3 Å². The molecule has 0 aromatic heterocycles. The van der Waals surface area contributed by atoms with Crippen LogP contribution in [-0.2, 0) is 4.79 Å². The van der Waals surface area contributed by atoms with E-state index >= 15 is 0 Å². The van der Waals surface area contributed by atoms with Gasteiger partial charge in [0.15, 0.2) is 0 Å². The second-order valence-corrected chi connectivity index (χ2v) is 6.92. The predicted molar refractivity (Wildman–Crippen MR) is 71.0 cm³/mol. The molecule has 0 heterocycles. The number of carbonyl (C=O) groups is 1. The van der Waals surface area contributed by atoms with Crippen LogP contribution >= 0.6 is 0 Å². The number of fused-ring (bicyclic) bond motifs is 2. The number of rotatable bonds is 5. The number of hydrogen-bond donors (Lipinski definition) is 0. The van der Waals surface area contributed by atoms with Crippen molar-refractivity contribution in [1.82, 2.24) is 4.90 Å². The zero-order valence-electron chi connectivity index (χ0n) is 12.2. The van der Waals surface area contributed by atoms with Crippen molar-refractivity contribution >= 4 is 5.91 Å². The Kier molecular flexibility index (Phi) is 4.65. The molecule has 2 nitrogen and oxygen atoms in total. The van der Waals surface area contributed by atoms with E-state index in [1.54, 1.807) is 0 Å². The fourth-order valence-electron chi connectivity index (χ4n) is 3.89. The first kappa shape index (κ1) is 15.6. The summed E-state index contributed by atoms with van der Waals surface area (Å²) >= 11 is 0. The van der Waals surface area contributed by atoms with Crippen LogP contribution in [0.25, 0.3) is 0 Å². The van der Waals surface area contributed by atoms with Crippen molar-refractivity contribution in [3.63, 3.8) is 0 Å². The molecule has 0 radical (unpaired) electrons. The number of nitrogens with zero attached hydrogens (tertiary/aromatic N) is 1. The van der Waals surface area contributed by atoms with Crippen molar-refractivity contribution in [3.8, 4) is 0 Å². The van der Waals surface area contributed by atoms with E-state index in [0.717, 1.165) is 23.7 Å². The van der Waals surface area contributed by atoms with Gasteiger partial charge in [-0.15, -0.1) is 0 Å². The molecule has 2 bridgehead atoms. The van der Waals surface area contributed by atoms with Gasteiger partial charge in [0, 0.05) is 13.0 Å². The first-order valence-electron chi connectivity index (χ1n) is 7.59. The first-order chi connectivity index (χ1) is 9.24. The largest absolute Gasteiger partial charge is 0.406 e. The Bertz CT molecular complexity index is 354. The molecule has 0 N–H and O–H groups in total. The molecule has 0 aromatic rings. The number of hydrogen-bond acceptors (Lipinski definition) is 1. The van der Waals surface area contributed by atoms with Crippen LogP contribution in [0.5, 0.6) is 0 Å². The number of amides is 1. The molecule has 2 aliphatic rings. The fourth-order valence-corrected chi connectivity index (χ4v) is 3.89. The first-order valence-corrected chi connectivity index (χ1v) is 7.59. The Morgan fingerprint density at radius 3 is 2.40 bits per heavy atom. The fraction of sp³-hybridized carbons (Fsp3) is 0.933. The quantitative estimate of drug-likeness (QED) is 0.753. The topological polar surface area (TPSA) is 20.3 Å². The van der Waals surface area contributed by atoms with Gasteiger partial charge in [-0.1, -0.05) is 20.3 Å². The Labute approximate surface area is 118 Å². The van der Waals surface area contributed by atoms with Crippen LogP contribution in [0.3, 0.4) is 0 Å². The highest BCUT2D eigenvalue weighted by molar-refractivity contribution is 5.76. The number of halogens is 3. The Morgan fingerprint density at radius 2 is 1.95 bits per heavy atom. The maximum absolute atomic E-state index is 12.6. The van der Waals surface area contributed by atoms with Gasteiger partial charge < -0.3 is 4.90 Å². The zero-order chi connectivity index (χ0) is 14.9. The molecule has 0 spiro atoms. The highest BCUT2D eigenvalue weighted by Crippen LogP contribution is 2.49. The van der Waals surface area contributed by atoms with Crippen LogP contribution < -0.4 is 0 Å². The summed E-state index contributed by atoms with van der Waals surface area (Å²) in [5, 5.41) is 0. The maximum atomic E-state index is 12.6. The molecule has 3 unspecified atom stereocenters. The van der Waals surface area contributed by atoms with Gasteiger partial charge in [0.1, 0.15) is 6.54 Å². The average Bonchev–Trinajstić information content (AvgIpc) is 2.87. The van der Waals surface area contributed by atoms with Gasteiger partial charge in [-0.3, -0.25) is 4.79 Å². The van der Waals surface area contributed by atoms with Crippen LogP contribution in [0, 0.1) is 23.7 Å². The molecule has 2 aliphatic carbocycles. The predicted octanol–water partition coefficient (Wildman–Crippen LogP) is 3.86. The molecule has 0 aliphatic heterocycles. The summed E-state index contributed by atoms with van der Waals surface area (Å²) in [6.07, 6.45) is 0.627. The summed E-state index contributed by atoms with van der Waals surface area (Å²) in [4.78, 5) is 13.2. The van der Waals surface area contributed by atoms with Gasteiger partial charge in [0.25, 0.3) is 0 Å². The Balaban J connectivity index is 1.92. The summed E-state index contributed by atoms with van der Waals surface area (Å²) < 4.78 is 37.8. The van der Waals surface area contributed by atoms with Crippen molar-refractivity contribution in [1.29, 1.82) is 0 Å². The Morgan fingerprint density at radius 1 is 1.25 bits per heavy atom. The minimum Gasteiger partial charge on any atom is -0.333 e. The summed E-state index contributed by atoms with van der Waals surface area (Å²) in [5.41, 5.74) is 0. The molecule has 2 rings (SSSR count). The molecule has 5 heteroatoms. The molecule has 2 fully saturated rings. The molecule has 116 valence electrons. The highest BCUT2D eigenvalue weighted by atomic mass is 19.4. The van der Waals surface area contributed by atoms with Gasteiger partial charge in [0.05, 0.1) is 0 Å². The lowest BCUT2D eigenvalue weighted by atomic mass is 9.86. The highest BCUT2D eigenvalue weighted by Gasteiger charge is 2.41. The zero-order valence-corrected chi connectivity index (χ0v) is 12.2. The van der Waals surface area contributed by atoms with E-state index in [4.69, 9.17) is 0 Å². The van der Waals surface area contributed by atoms with E-state index in [9.17, 15) is 18.0 Å².